The zero-order valence-electron chi connectivity index (χ0n) is 51.5. The van der Waals surface area contributed by atoms with Crippen LogP contribution in [0, 0.1) is 44.2 Å². The van der Waals surface area contributed by atoms with E-state index in [-0.39, 0.29) is 104 Å². The number of aryl methyl sites for hydroxylation is 2. The summed E-state index contributed by atoms with van der Waals surface area (Å²) in [5, 5.41) is 16.7. The van der Waals surface area contributed by atoms with Gasteiger partial charge in [0.15, 0.2) is 11.6 Å². The number of benzene rings is 8. The Hall–Kier alpha value is -8.62. The molecule has 2 N–H and O–H groups in total. The van der Waals surface area contributed by atoms with E-state index in [1.165, 1.54) is 84.4 Å². The number of hydrogen-bond donors (Lipinski definition) is 2. The predicted molar refractivity (Wildman–Crippen MR) is 358 cm³/mol. The first-order valence-corrected chi connectivity index (χ1v) is 28.4. The molecule has 92 heavy (non-hydrogen) atoms. The molecule has 0 bridgehead atoms. The first kappa shape index (κ1) is 77.6. The molecule has 0 unspecified atom stereocenters. The van der Waals surface area contributed by atoms with Gasteiger partial charge in [-0.05, 0) is 89.0 Å². The number of aliphatic hydroxyl groups is 2. The van der Waals surface area contributed by atoms with Crippen molar-refractivity contribution in [2.45, 2.75) is 41.5 Å². The number of nitrogens with zero attached hydrogens (tertiary/aromatic N) is 4. The van der Waals surface area contributed by atoms with Crippen LogP contribution in [0.25, 0.3) is 89.5 Å². The maximum absolute atomic E-state index is 10.0. The van der Waals surface area contributed by atoms with Crippen LogP contribution in [0.3, 0.4) is 0 Å². The van der Waals surface area contributed by atoms with Crippen molar-refractivity contribution in [1.29, 1.82) is 0 Å². The van der Waals surface area contributed by atoms with Crippen LogP contribution in [0.2, 0.25) is 0 Å². The van der Waals surface area contributed by atoms with Crippen molar-refractivity contribution in [2.75, 3.05) is 0 Å². The van der Waals surface area contributed by atoms with Gasteiger partial charge in [0.25, 0.3) is 0 Å². The third-order valence-electron chi connectivity index (χ3n) is 12.9. The van der Waals surface area contributed by atoms with Crippen molar-refractivity contribution < 1.29 is 100 Å². The maximum atomic E-state index is 10.0. The second-order valence-electron chi connectivity index (χ2n) is 19.9. The van der Waals surface area contributed by atoms with Crippen molar-refractivity contribution in [3.8, 4) is 89.5 Å². The standard InChI is InChI=1S/2C18H14N.C17H12N.C17H11N.2C5H8O2.4Ir/c2*1-14-6-2-3-7-17(14)15-9-11-16(12-10-15)18-8-4-5-13-19-18;2*1-2-6-14(7-3-1)15-9-11-16(12-10-15)17-8-4-5-13-18-17;2*1-4(6)3-5(2)7;;;;/h2*2-11,13H,1H3;1-11,13H;1-6,8-9,11-13H;2*3,6H,1-2H3;;;;/q3*-1;-2;;;;;;. The molecule has 472 valence electrons. The second kappa shape index (κ2) is 42.4. The van der Waals surface area contributed by atoms with E-state index in [0.29, 0.717) is 0 Å². The predicted octanol–water partition coefficient (Wildman–Crippen LogP) is 19.3. The molecule has 0 saturated heterocycles. The number of allylic oxidation sites excluding steroid dienone is 4. The summed E-state index contributed by atoms with van der Waals surface area (Å²) < 4.78 is 0. The molecule has 4 radical (unpaired) electrons. The largest absolute Gasteiger partial charge is 0.512 e. The summed E-state index contributed by atoms with van der Waals surface area (Å²) in [6.45, 7) is 9.95. The molecule has 0 amide bonds. The summed E-state index contributed by atoms with van der Waals surface area (Å²) >= 11 is 0. The van der Waals surface area contributed by atoms with Crippen LogP contribution >= 0.6 is 0 Å². The summed E-state index contributed by atoms with van der Waals surface area (Å²) in [6.07, 6.45) is 9.54. The van der Waals surface area contributed by atoms with Gasteiger partial charge in [0.2, 0.25) is 0 Å². The van der Waals surface area contributed by atoms with Gasteiger partial charge < -0.3 is 25.2 Å². The van der Waals surface area contributed by atoms with Crippen LogP contribution in [0.15, 0.2) is 297 Å². The van der Waals surface area contributed by atoms with Gasteiger partial charge in [0.1, 0.15) is 0 Å². The van der Waals surface area contributed by atoms with E-state index >= 15 is 0 Å². The summed E-state index contributed by atoms with van der Waals surface area (Å²) in [7, 11) is 0. The Labute approximate surface area is 596 Å². The van der Waals surface area contributed by atoms with Gasteiger partial charge in [-0.2, -0.15) is 36.4 Å². The molecule has 4 heterocycles. The average molecular weight is 1920 g/mol. The van der Waals surface area contributed by atoms with Gasteiger partial charge in [-0.15, -0.1) is 108 Å². The summed E-state index contributed by atoms with van der Waals surface area (Å²) in [5.41, 5.74) is 19.9. The van der Waals surface area contributed by atoms with Crippen molar-refractivity contribution in [1.82, 2.24) is 19.9 Å². The van der Waals surface area contributed by atoms with Gasteiger partial charge in [-0.1, -0.05) is 171 Å². The maximum Gasteiger partial charge on any atom is 0.155 e. The number of aliphatic hydroxyl groups excluding tert-OH is 2. The second-order valence-corrected chi connectivity index (χ2v) is 19.9. The molecule has 0 spiro atoms. The first-order chi connectivity index (χ1) is 42.8. The van der Waals surface area contributed by atoms with Gasteiger partial charge in [-0.3, -0.25) is 14.6 Å². The summed E-state index contributed by atoms with van der Waals surface area (Å²) in [5.74, 6) is -0.125. The molecular weight excluding hydrogens is 1850 g/mol. The Morgan fingerprint density at radius 1 is 0.315 bits per heavy atom. The van der Waals surface area contributed by atoms with E-state index in [9.17, 15) is 9.59 Å². The number of carbonyl (C=O) groups is 2. The minimum atomic E-state index is -0.125. The number of hydrogen-bond acceptors (Lipinski definition) is 8. The van der Waals surface area contributed by atoms with Gasteiger partial charge >= 0.3 is 0 Å². The summed E-state index contributed by atoms with van der Waals surface area (Å²) in [6, 6.07) is 99.8. The number of ketones is 2. The van der Waals surface area contributed by atoms with E-state index < -0.39 is 0 Å². The number of aromatic nitrogens is 4. The average Bonchev–Trinajstić information content (AvgIpc) is 1.20. The van der Waals surface area contributed by atoms with Crippen LogP contribution < -0.4 is 0 Å². The molecule has 0 aliphatic heterocycles. The molecule has 12 aromatic rings. The van der Waals surface area contributed by atoms with Crippen molar-refractivity contribution in [3.05, 3.63) is 339 Å². The molecule has 12 rings (SSSR count). The van der Waals surface area contributed by atoms with Crippen molar-refractivity contribution in [3.63, 3.8) is 0 Å². The SMILES string of the molecule is CC(=O)C=C(C)O.CC(=O)C=C(C)O.Cc1ccccc1-c1c[c-]c(-c2ccccn2)cc1.Cc1ccccc1-c1c[c-]c(-c2ccccn2)cc1.[Ir].[Ir].[Ir].[Ir].[c-]1cc(-c2ccccc2)ccc1-c1ccccn1.[c-]1ccccc1-c1[c-]cc(-c2ccccn2)cc1. The molecule has 0 aliphatic rings. The third-order valence-corrected chi connectivity index (χ3v) is 12.9. The smallest absolute Gasteiger partial charge is 0.155 e. The van der Waals surface area contributed by atoms with Crippen molar-refractivity contribution >= 4 is 11.6 Å². The monoisotopic (exact) mass is 1920 g/mol. The minimum absolute atomic E-state index is 0. The van der Waals surface area contributed by atoms with E-state index in [1.54, 1.807) is 24.8 Å². The van der Waals surface area contributed by atoms with E-state index in [1.807, 2.05) is 140 Å². The fourth-order valence-electron chi connectivity index (χ4n) is 8.69. The van der Waals surface area contributed by atoms with Crippen LogP contribution in [-0.2, 0) is 90.0 Å². The van der Waals surface area contributed by atoms with Crippen LogP contribution in [0.4, 0.5) is 0 Å². The Kier molecular flexibility index (Phi) is 35.8. The Balaban J connectivity index is 0.000000295. The molecule has 0 fully saturated rings. The quantitative estimate of drug-likeness (QED) is 0.0788. The summed E-state index contributed by atoms with van der Waals surface area (Å²) in [4.78, 5) is 37.4. The van der Waals surface area contributed by atoms with Gasteiger partial charge in [0, 0.05) is 123 Å². The Morgan fingerprint density at radius 2 is 0.641 bits per heavy atom. The molecular formula is C80H67Ir4N4O4-5. The zero-order chi connectivity index (χ0) is 62.3. The fourth-order valence-corrected chi connectivity index (χ4v) is 8.69. The number of rotatable bonds is 10. The Morgan fingerprint density at radius 3 is 0.957 bits per heavy atom. The molecule has 12 heteroatoms. The minimum Gasteiger partial charge on any atom is -0.512 e. The third kappa shape index (κ3) is 26.3. The van der Waals surface area contributed by atoms with E-state index in [0.717, 1.165) is 56.2 Å². The molecule has 4 aromatic heterocycles. The Bertz CT molecular complexity index is 3700. The molecule has 8 aromatic carbocycles. The fraction of sp³-hybridized carbons (Fsp3) is 0.0750. The van der Waals surface area contributed by atoms with Crippen LogP contribution in [0.5, 0.6) is 0 Å². The zero-order valence-corrected chi connectivity index (χ0v) is 61.0. The van der Waals surface area contributed by atoms with Crippen LogP contribution in [-0.4, -0.2) is 41.7 Å². The van der Waals surface area contributed by atoms with Gasteiger partial charge in [-0.25, -0.2) is 11.1 Å². The number of carbonyl (C=O) groups excluding carboxylic acids is 2. The van der Waals surface area contributed by atoms with Crippen LogP contribution in [0.1, 0.15) is 38.8 Å². The molecule has 0 aliphatic carbocycles. The number of pyridine rings is 4. The van der Waals surface area contributed by atoms with Gasteiger partial charge in [0.05, 0.1) is 11.5 Å². The normalized spacial score (nSPS) is 10.0. The molecule has 0 atom stereocenters. The van der Waals surface area contributed by atoms with E-state index in [4.69, 9.17) is 10.2 Å². The van der Waals surface area contributed by atoms with Crippen molar-refractivity contribution in [2.24, 2.45) is 0 Å². The molecule has 0 saturated carbocycles. The first-order valence-electron chi connectivity index (χ1n) is 28.4. The topological polar surface area (TPSA) is 126 Å². The van der Waals surface area contributed by atoms with E-state index in [2.05, 4.69) is 173 Å². The molecule has 8 nitrogen and oxygen atoms in total.